The number of hydrogen-bond donors (Lipinski definition) is 0. The predicted octanol–water partition coefficient (Wildman–Crippen LogP) is 7.94. The third kappa shape index (κ3) is 14.0. The standard InChI is InChI=1S/C28H50O4/c1-3-5-7-9-11-12-14-16-20-24-32-28(30)26-22-18-17-21-25(26)27(29)31-23-19-15-13-10-8-6-4-2/h17-18,25-26H,3-16,19-24H2,1-2H3. The van der Waals surface area contributed by atoms with Gasteiger partial charge in [0.25, 0.3) is 0 Å². The van der Waals surface area contributed by atoms with Gasteiger partial charge in [-0.3, -0.25) is 9.59 Å². The summed E-state index contributed by atoms with van der Waals surface area (Å²) in [6.45, 7) is 5.40. The maximum Gasteiger partial charge on any atom is 0.310 e. The van der Waals surface area contributed by atoms with Crippen LogP contribution in [0.1, 0.15) is 129 Å². The fourth-order valence-electron chi connectivity index (χ4n) is 4.37. The van der Waals surface area contributed by atoms with Crippen LogP contribution in [-0.2, 0) is 19.1 Å². The first-order chi connectivity index (χ1) is 15.7. The normalized spacial score (nSPS) is 17.9. The van der Waals surface area contributed by atoms with Crippen molar-refractivity contribution in [2.24, 2.45) is 11.8 Å². The Kier molecular flexibility index (Phi) is 18.2. The molecule has 0 aromatic rings. The van der Waals surface area contributed by atoms with Gasteiger partial charge in [0, 0.05) is 0 Å². The molecule has 0 bridgehead atoms. The zero-order chi connectivity index (χ0) is 23.3. The van der Waals surface area contributed by atoms with E-state index < -0.39 is 0 Å². The minimum absolute atomic E-state index is 0.230. The molecule has 0 saturated carbocycles. The van der Waals surface area contributed by atoms with Crippen molar-refractivity contribution < 1.29 is 19.1 Å². The number of carbonyl (C=O) groups excluding carboxylic acids is 2. The van der Waals surface area contributed by atoms with Gasteiger partial charge in [-0.2, -0.15) is 0 Å². The van der Waals surface area contributed by atoms with E-state index in [9.17, 15) is 9.59 Å². The van der Waals surface area contributed by atoms with Crippen molar-refractivity contribution in [3.8, 4) is 0 Å². The van der Waals surface area contributed by atoms with Crippen LogP contribution in [0.2, 0.25) is 0 Å². The van der Waals surface area contributed by atoms with E-state index in [4.69, 9.17) is 9.47 Å². The van der Waals surface area contributed by atoms with E-state index in [2.05, 4.69) is 13.8 Å². The highest BCUT2D eigenvalue weighted by molar-refractivity contribution is 5.82. The Balaban J connectivity index is 2.15. The molecule has 0 aromatic heterocycles. The monoisotopic (exact) mass is 450 g/mol. The first kappa shape index (κ1) is 28.7. The quantitative estimate of drug-likeness (QED) is 0.107. The largest absolute Gasteiger partial charge is 0.465 e. The second-order valence-corrected chi connectivity index (χ2v) is 9.44. The maximum atomic E-state index is 12.6. The number of ether oxygens (including phenoxy) is 2. The number of allylic oxidation sites excluding steroid dienone is 2. The zero-order valence-corrected chi connectivity index (χ0v) is 21.1. The first-order valence-corrected chi connectivity index (χ1v) is 13.7. The smallest absolute Gasteiger partial charge is 0.310 e. The SMILES string of the molecule is CCCCCCCCCCCOC(=O)C1CC=CCC1C(=O)OCCCCCCCCC. The summed E-state index contributed by atoms with van der Waals surface area (Å²) in [6, 6.07) is 0. The molecule has 0 aromatic carbocycles. The molecule has 1 aliphatic rings. The molecular formula is C28H50O4. The molecule has 0 radical (unpaired) electrons. The molecule has 2 unspecified atom stereocenters. The van der Waals surface area contributed by atoms with Crippen LogP contribution in [0.5, 0.6) is 0 Å². The van der Waals surface area contributed by atoms with Crippen LogP contribution in [0.25, 0.3) is 0 Å². The fraction of sp³-hybridized carbons (Fsp3) is 0.857. The van der Waals surface area contributed by atoms with Crippen LogP contribution in [0.3, 0.4) is 0 Å². The lowest BCUT2D eigenvalue weighted by Gasteiger charge is -2.25. The maximum absolute atomic E-state index is 12.6. The minimum atomic E-state index is -0.389. The summed E-state index contributed by atoms with van der Waals surface area (Å²) in [5.41, 5.74) is 0. The van der Waals surface area contributed by atoms with Crippen molar-refractivity contribution in [1.82, 2.24) is 0 Å². The van der Waals surface area contributed by atoms with Gasteiger partial charge < -0.3 is 9.47 Å². The van der Waals surface area contributed by atoms with Crippen molar-refractivity contribution in [1.29, 1.82) is 0 Å². The second kappa shape index (κ2) is 20.3. The Bertz CT molecular complexity index is 500. The molecule has 2 atom stereocenters. The average Bonchev–Trinajstić information content (AvgIpc) is 2.81. The summed E-state index contributed by atoms with van der Waals surface area (Å²) in [4.78, 5) is 25.2. The van der Waals surface area contributed by atoms with Crippen molar-refractivity contribution >= 4 is 11.9 Å². The van der Waals surface area contributed by atoms with Gasteiger partial charge in [0.05, 0.1) is 25.0 Å². The summed E-state index contributed by atoms with van der Waals surface area (Å²) in [7, 11) is 0. The molecule has 1 aliphatic carbocycles. The minimum Gasteiger partial charge on any atom is -0.465 e. The Morgan fingerprint density at radius 1 is 0.562 bits per heavy atom. The van der Waals surface area contributed by atoms with Gasteiger partial charge in [-0.15, -0.1) is 0 Å². The predicted molar refractivity (Wildman–Crippen MR) is 132 cm³/mol. The Morgan fingerprint density at radius 3 is 1.22 bits per heavy atom. The molecular weight excluding hydrogens is 400 g/mol. The topological polar surface area (TPSA) is 52.6 Å². The number of carbonyl (C=O) groups is 2. The van der Waals surface area contributed by atoms with E-state index in [-0.39, 0.29) is 23.8 Å². The van der Waals surface area contributed by atoms with Crippen molar-refractivity contribution in [3.05, 3.63) is 12.2 Å². The summed E-state index contributed by atoms with van der Waals surface area (Å²) in [5.74, 6) is -1.24. The molecule has 0 saturated heterocycles. The summed E-state index contributed by atoms with van der Waals surface area (Å²) in [5, 5.41) is 0. The zero-order valence-electron chi connectivity index (χ0n) is 21.1. The Labute approximate surface area is 197 Å². The number of rotatable bonds is 20. The van der Waals surface area contributed by atoms with Crippen LogP contribution in [-0.4, -0.2) is 25.2 Å². The molecule has 4 nitrogen and oxygen atoms in total. The number of esters is 2. The van der Waals surface area contributed by atoms with Crippen LogP contribution in [0.4, 0.5) is 0 Å². The van der Waals surface area contributed by atoms with Gasteiger partial charge in [0.1, 0.15) is 0 Å². The fourth-order valence-corrected chi connectivity index (χ4v) is 4.37. The lowest BCUT2D eigenvalue weighted by Crippen LogP contribution is -2.34. The Hall–Kier alpha value is -1.32. The lowest BCUT2D eigenvalue weighted by molar-refractivity contribution is -0.161. The number of hydrogen-bond acceptors (Lipinski definition) is 4. The van der Waals surface area contributed by atoms with Crippen LogP contribution in [0.15, 0.2) is 12.2 Å². The molecule has 0 fully saturated rings. The summed E-state index contributed by atoms with van der Waals surface area (Å²) in [6.07, 6.45) is 24.6. The second-order valence-electron chi connectivity index (χ2n) is 9.44. The molecule has 0 heterocycles. The van der Waals surface area contributed by atoms with Gasteiger partial charge in [-0.1, -0.05) is 116 Å². The highest BCUT2D eigenvalue weighted by Crippen LogP contribution is 2.28. The van der Waals surface area contributed by atoms with Gasteiger partial charge in [0.2, 0.25) is 0 Å². The van der Waals surface area contributed by atoms with E-state index in [1.807, 2.05) is 12.2 Å². The van der Waals surface area contributed by atoms with Crippen molar-refractivity contribution in [3.63, 3.8) is 0 Å². The highest BCUT2D eigenvalue weighted by Gasteiger charge is 2.36. The van der Waals surface area contributed by atoms with E-state index in [1.54, 1.807) is 0 Å². The molecule has 32 heavy (non-hydrogen) atoms. The molecule has 0 amide bonds. The van der Waals surface area contributed by atoms with Crippen LogP contribution in [0, 0.1) is 11.8 Å². The van der Waals surface area contributed by atoms with Crippen LogP contribution >= 0.6 is 0 Å². The van der Waals surface area contributed by atoms with E-state index in [0.29, 0.717) is 26.1 Å². The van der Waals surface area contributed by atoms with E-state index in [1.165, 1.54) is 77.0 Å². The lowest BCUT2D eigenvalue weighted by atomic mass is 9.83. The van der Waals surface area contributed by atoms with Gasteiger partial charge in [-0.25, -0.2) is 0 Å². The summed E-state index contributed by atoms with van der Waals surface area (Å²) < 4.78 is 11.0. The third-order valence-electron chi connectivity index (χ3n) is 6.52. The van der Waals surface area contributed by atoms with Gasteiger partial charge in [0.15, 0.2) is 0 Å². The Morgan fingerprint density at radius 2 is 0.875 bits per heavy atom. The molecule has 0 N–H and O–H groups in total. The average molecular weight is 451 g/mol. The van der Waals surface area contributed by atoms with Gasteiger partial charge >= 0.3 is 11.9 Å². The van der Waals surface area contributed by atoms with Crippen LogP contribution < -0.4 is 0 Å². The molecule has 1 rings (SSSR count). The molecule has 0 spiro atoms. The molecule has 186 valence electrons. The highest BCUT2D eigenvalue weighted by atomic mass is 16.5. The van der Waals surface area contributed by atoms with E-state index >= 15 is 0 Å². The number of unbranched alkanes of at least 4 members (excludes halogenated alkanes) is 14. The van der Waals surface area contributed by atoms with Crippen molar-refractivity contribution in [2.75, 3.05) is 13.2 Å². The van der Waals surface area contributed by atoms with Crippen molar-refractivity contribution in [2.45, 2.75) is 129 Å². The van der Waals surface area contributed by atoms with E-state index in [0.717, 1.165) is 25.7 Å². The molecule has 0 aliphatic heterocycles. The summed E-state index contributed by atoms with van der Waals surface area (Å²) >= 11 is 0. The van der Waals surface area contributed by atoms with Gasteiger partial charge in [-0.05, 0) is 25.7 Å². The third-order valence-corrected chi connectivity index (χ3v) is 6.52. The first-order valence-electron chi connectivity index (χ1n) is 13.7. The molecule has 4 heteroatoms.